The molecule has 4 heterocycles. The quantitative estimate of drug-likeness (QED) is 0.674. The Labute approximate surface area is 157 Å². The maximum absolute atomic E-state index is 5.14. The molecule has 142 valence electrons. The fourth-order valence-electron chi connectivity index (χ4n) is 3.69. The van der Waals surface area contributed by atoms with Gasteiger partial charge in [0, 0.05) is 43.2 Å². The lowest BCUT2D eigenvalue weighted by atomic mass is 9.91. The van der Waals surface area contributed by atoms with E-state index in [9.17, 15) is 0 Å². The molecule has 1 atom stereocenters. The van der Waals surface area contributed by atoms with Gasteiger partial charge in [-0.05, 0) is 47.5 Å². The summed E-state index contributed by atoms with van der Waals surface area (Å²) in [6.07, 6.45) is 7.83. The number of aromatic nitrogens is 7. The minimum Gasteiger partial charge on any atom is -0.383 e. The van der Waals surface area contributed by atoms with Gasteiger partial charge in [0.2, 0.25) is 0 Å². The number of hydrogen-bond acceptors (Lipinski definition) is 7. The molecule has 1 unspecified atom stereocenters. The second-order valence-corrected chi connectivity index (χ2v) is 6.82. The second kappa shape index (κ2) is 8.36. The summed E-state index contributed by atoms with van der Waals surface area (Å²) in [5.74, 6) is 1.29. The number of nitrogens with one attached hydrogen (secondary N) is 1. The smallest absolute Gasteiger partial charge is 0.165 e. The van der Waals surface area contributed by atoms with Crippen LogP contribution in [0.1, 0.15) is 30.3 Å². The van der Waals surface area contributed by atoms with Gasteiger partial charge in [0.1, 0.15) is 0 Å². The number of aromatic amines is 1. The Balaban J connectivity index is 1.47. The molecule has 3 aromatic rings. The van der Waals surface area contributed by atoms with Crippen LogP contribution in [0.4, 0.5) is 0 Å². The Hall–Kier alpha value is -2.65. The van der Waals surface area contributed by atoms with E-state index >= 15 is 0 Å². The van der Waals surface area contributed by atoms with Crippen LogP contribution in [0.2, 0.25) is 0 Å². The van der Waals surface area contributed by atoms with Crippen molar-refractivity contribution in [1.82, 2.24) is 40.3 Å². The molecule has 0 radical (unpaired) electrons. The number of tetrazole rings is 1. The van der Waals surface area contributed by atoms with Gasteiger partial charge in [0.25, 0.3) is 0 Å². The van der Waals surface area contributed by atoms with Crippen molar-refractivity contribution >= 4 is 0 Å². The van der Waals surface area contributed by atoms with Crippen LogP contribution < -0.4 is 0 Å². The van der Waals surface area contributed by atoms with Gasteiger partial charge in [-0.2, -0.15) is 5.10 Å². The highest BCUT2D eigenvalue weighted by Crippen LogP contribution is 2.33. The number of hydrogen-bond donors (Lipinski definition) is 1. The number of ether oxygens (including phenoxy) is 1. The van der Waals surface area contributed by atoms with Crippen molar-refractivity contribution in [2.45, 2.75) is 31.8 Å². The topological polar surface area (TPSA) is 97.6 Å². The SMILES string of the molecule is COCCn1nnnc1CN1CCCC(c2[nH]ncc2-c2ccncc2)C1. The highest BCUT2D eigenvalue weighted by molar-refractivity contribution is 5.65. The van der Waals surface area contributed by atoms with Crippen LogP contribution in [0.5, 0.6) is 0 Å². The average molecular weight is 368 g/mol. The van der Waals surface area contributed by atoms with E-state index < -0.39 is 0 Å². The van der Waals surface area contributed by atoms with Crippen molar-refractivity contribution < 1.29 is 4.74 Å². The number of rotatable bonds is 7. The molecule has 9 heteroatoms. The number of likely N-dealkylation sites (tertiary alicyclic amines) is 1. The number of nitrogens with zero attached hydrogens (tertiary/aromatic N) is 7. The van der Waals surface area contributed by atoms with Crippen molar-refractivity contribution in [1.29, 1.82) is 0 Å². The summed E-state index contributed by atoms with van der Waals surface area (Å²) in [5.41, 5.74) is 3.51. The molecule has 9 nitrogen and oxygen atoms in total. The zero-order valence-electron chi connectivity index (χ0n) is 15.5. The van der Waals surface area contributed by atoms with Crippen molar-refractivity contribution in [3.63, 3.8) is 0 Å². The predicted molar refractivity (Wildman–Crippen MR) is 98.8 cm³/mol. The molecule has 27 heavy (non-hydrogen) atoms. The van der Waals surface area contributed by atoms with Crippen LogP contribution in [0.15, 0.2) is 30.7 Å². The van der Waals surface area contributed by atoms with Gasteiger partial charge in [-0.3, -0.25) is 15.0 Å². The molecule has 4 rings (SSSR count). The Morgan fingerprint density at radius 2 is 2.19 bits per heavy atom. The van der Waals surface area contributed by atoms with Crippen LogP contribution in [0, 0.1) is 0 Å². The molecule has 1 aliphatic rings. The molecule has 0 aromatic carbocycles. The molecule has 0 bridgehead atoms. The molecule has 1 N–H and O–H groups in total. The predicted octanol–water partition coefficient (Wildman–Crippen LogP) is 1.48. The molecule has 1 saturated heterocycles. The summed E-state index contributed by atoms with van der Waals surface area (Å²) >= 11 is 0. The largest absolute Gasteiger partial charge is 0.383 e. The van der Waals surface area contributed by atoms with Crippen LogP contribution >= 0.6 is 0 Å². The van der Waals surface area contributed by atoms with Gasteiger partial charge in [0.05, 0.1) is 25.9 Å². The van der Waals surface area contributed by atoms with E-state index in [4.69, 9.17) is 4.74 Å². The molecule has 1 aliphatic heterocycles. The molecular weight excluding hydrogens is 344 g/mol. The molecule has 0 aliphatic carbocycles. The fraction of sp³-hybridized carbons (Fsp3) is 0.500. The van der Waals surface area contributed by atoms with Gasteiger partial charge >= 0.3 is 0 Å². The lowest BCUT2D eigenvalue weighted by molar-refractivity contribution is 0.171. The zero-order chi connectivity index (χ0) is 18.5. The van der Waals surface area contributed by atoms with Gasteiger partial charge in [-0.15, -0.1) is 5.10 Å². The molecule has 3 aromatic heterocycles. The Kier molecular flexibility index (Phi) is 5.50. The lowest BCUT2D eigenvalue weighted by Gasteiger charge is -2.32. The monoisotopic (exact) mass is 368 g/mol. The van der Waals surface area contributed by atoms with E-state index in [1.54, 1.807) is 7.11 Å². The third kappa shape index (κ3) is 4.04. The van der Waals surface area contributed by atoms with Gasteiger partial charge in [-0.1, -0.05) is 0 Å². The highest BCUT2D eigenvalue weighted by Gasteiger charge is 2.26. The number of piperidine rings is 1. The number of pyridine rings is 1. The van der Waals surface area contributed by atoms with Crippen LogP contribution in [0.25, 0.3) is 11.1 Å². The Morgan fingerprint density at radius 1 is 1.30 bits per heavy atom. The summed E-state index contributed by atoms with van der Waals surface area (Å²) in [6, 6.07) is 4.05. The third-order valence-corrected chi connectivity index (χ3v) is 5.05. The van der Waals surface area contributed by atoms with Gasteiger partial charge in [0.15, 0.2) is 5.82 Å². The number of H-pyrrole nitrogens is 1. The first-order chi connectivity index (χ1) is 13.3. The van der Waals surface area contributed by atoms with Crippen molar-refractivity contribution in [3.8, 4) is 11.1 Å². The molecule has 0 saturated carbocycles. The van der Waals surface area contributed by atoms with E-state index in [1.807, 2.05) is 35.4 Å². The Morgan fingerprint density at radius 3 is 3.04 bits per heavy atom. The van der Waals surface area contributed by atoms with Gasteiger partial charge < -0.3 is 4.74 Å². The van der Waals surface area contributed by atoms with Crippen LogP contribution in [-0.4, -0.2) is 67.1 Å². The lowest BCUT2D eigenvalue weighted by Crippen LogP contribution is -2.35. The standard InChI is InChI=1S/C18H24N8O/c1-27-10-9-26-17(21-23-24-26)13-25-8-2-3-15(12-25)18-16(11-20-22-18)14-4-6-19-7-5-14/h4-7,11,15H,2-3,8-10,12-13H2,1H3,(H,20,22). The van der Waals surface area contributed by atoms with E-state index in [0.29, 0.717) is 19.1 Å². The van der Waals surface area contributed by atoms with Gasteiger partial charge in [-0.25, -0.2) is 4.68 Å². The van der Waals surface area contributed by atoms with Crippen molar-refractivity contribution in [2.75, 3.05) is 26.8 Å². The summed E-state index contributed by atoms with van der Waals surface area (Å²) in [6.45, 7) is 4.02. The van der Waals surface area contributed by atoms with Crippen molar-refractivity contribution in [2.24, 2.45) is 0 Å². The first-order valence-corrected chi connectivity index (χ1v) is 9.25. The third-order valence-electron chi connectivity index (χ3n) is 5.05. The maximum atomic E-state index is 5.14. The highest BCUT2D eigenvalue weighted by atomic mass is 16.5. The molecule has 0 spiro atoms. The molecule has 1 fully saturated rings. The normalized spacial score (nSPS) is 18.0. The molecular formula is C18H24N8O. The van der Waals surface area contributed by atoms with E-state index in [0.717, 1.165) is 49.4 Å². The van der Waals surface area contributed by atoms with E-state index in [1.165, 1.54) is 5.69 Å². The van der Waals surface area contributed by atoms with Crippen molar-refractivity contribution in [3.05, 3.63) is 42.2 Å². The first-order valence-electron chi connectivity index (χ1n) is 9.25. The minimum atomic E-state index is 0.410. The first kappa shape index (κ1) is 17.7. The average Bonchev–Trinajstić information content (AvgIpc) is 3.37. The van der Waals surface area contributed by atoms with Crippen LogP contribution in [-0.2, 0) is 17.8 Å². The summed E-state index contributed by atoms with van der Waals surface area (Å²) in [7, 11) is 1.68. The zero-order valence-corrected chi connectivity index (χ0v) is 15.5. The van der Waals surface area contributed by atoms with E-state index in [-0.39, 0.29) is 0 Å². The number of methoxy groups -OCH3 is 1. The summed E-state index contributed by atoms with van der Waals surface area (Å²) < 4.78 is 6.96. The van der Waals surface area contributed by atoms with Crippen LogP contribution in [0.3, 0.4) is 0 Å². The second-order valence-electron chi connectivity index (χ2n) is 6.82. The van der Waals surface area contributed by atoms with E-state index in [2.05, 4.69) is 35.6 Å². The maximum Gasteiger partial charge on any atom is 0.165 e. The summed E-state index contributed by atoms with van der Waals surface area (Å²) in [5, 5.41) is 19.6. The summed E-state index contributed by atoms with van der Waals surface area (Å²) in [4.78, 5) is 6.53. The Bertz CT molecular complexity index is 846. The molecule has 0 amide bonds. The minimum absolute atomic E-state index is 0.410. The fourth-order valence-corrected chi connectivity index (χ4v) is 3.69.